The number of hydrogen-bond acceptors (Lipinski definition) is 6. The number of benzene rings is 4. The lowest BCUT2D eigenvalue weighted by atomic mass is 9.74. The second-order valence-corrected chi connectivity index (χ2v) is 9.25. The monoisotopic (exact) mass is 501 g/mol. The summed E-state index contributed by atoms with van der Waals surface area (Å²) in [5, 5.41) is 0. The van der Waals surface area contributed by atoms with E-state index >= 15 is 0 Å². The molecule has 1 fully saturated rings. The highest BCUT2D eigenvalue weighted by Gasteiger charge is 2.69. The maximum absolute atomic E-state index is 14.0. The molecule has 2 atom stereocenters. The molecule has 0 bridgehead atoms. The van der Waals surface area contributed by atoms with Gasteiger partial charge in [-0.15, -0.1) is 0 Å². The summed E-state index contributed by atoms with van der Waals surface area (Å²) in [6.45, 7) is 0. The number of nitrogens with zero attached hydrogens (tertiary/aromatic N) is 3. The van der Waals surface area contributed by atoms with Crippen LogP contribution in [0.15, 0.2) is 97.1 Å². The van der Waals surface area contributed by atoms with Gasteiger partial charge in [-0.25, -0.2) is 9.97 Å². The molecule has 5 aromatic rings. The molecule has 0 unspecified atom stereocenters. The summed E-state index contributed by atoms with van der Waals surface area (Å²) >= 11 is 0. The minimum Gasteiger partial charge on any atom is -0.493 e. The van der Waals surface area contributed by atoms with Crippen LogP contribution in [0.5, 0.6) is 17.2 Å². The summed E-state index contributed by atoms with van der Waals surface area (Å²) in [6, 6.07) is 30.7. The van der Waals surface area contributed by atoms with Crippen LogP contribution in [-0.4, -0.2) is 36.2 Å². The first-order valence-corrected chi connectivity index (χ1v) is 12.3. The van der Waals surface area contributed by atoms with Gasteiger partial charge in [0.15, 0.2) is 17.0 Å². The number of carbonyl (C=O) groups excluding carboxylic acids is 1. The zero-order valence-electron chi connectivity index (χ0n) is 20.8. The van der Waals surface area contributed by atoms with Gasteiger partial charge in [-0.1, -0.05) is 54.6 Å². The van der Waals surface area contributed by atoms with Crippen molar-refractivity contribution in [1.29, 1.82) is 0 Å². The fraction of sp³-hybridized carbons (Fsp3) is 0.129. The summed E-state index contributed by atoms with van der Waals surface area (Å²) in [5.41, 5.74) is 4.45. The van der Waals surface area contributed by atoms with Gasteiger partial charge in [-0.05, 0) is 42.0 Å². The van der Waals surface area contributed by atoms with Gasteiger partial charge in [0.2, 0.25) is 6.10 Å². The molecule has 1 aliphatic carbocycles. The molecular weight excluding hydrogens is 478 g/mol. The van der Waals surface area contributed by atoms with Crippen molar-refractivity contribution >= 4 is 22.6 Å². The minimum absolute atomic E-state index is 0.182. The number of anilines is 1. The first-order chi connectivity index (χ1) is 18.7. The van der Waals surface area contributed by atoms with Gasteiger partial charge in [0.05, 0.1) is 30.9 Å². The lowest BCUT2D eigenvalue weighted by Crippen LogP contribution is -2.74. The van der Waals surface area contributed by atoms with Gasteiger partial charge < -0.3 is 14.2 Å². The van der Waals surface area contributed by atoms with Crippen LogP contribution in [0, 0.1) is 0 Å². The van der Waals surface area contributed by atoms with E-state index in [-0.39, 0.29) is 5.91 Å². The number of methoxy groups -OCH3 is 2. The largest absolute Gasteiger partial charge is 0.493 e. The average molecular weight is 502 g/mol. The third-order valence-electron chi connectivity index (χ3n) is 7.32. The van der Waals surface area contributed by atoms with Crippen LogP contribution in [0.3, 0.4) is 0 Å². The van der Waals surface area contributed by atoms with E-state index in [9.17, 15) is 4.79 Å². The normalized spacial score (nSPS) is 19.2. The Morgan fingerprint density at radius 2 is 1.45 bits per heavy atom. The Morgan fingerprint density at radius 1 is 0.763 bits per heavy atom. The van der Waals surface area contributed by atoms with E-state index in [0.717, 1.165) is 27.9 Å². The van der Waals surface area contributed by atoms with Crippen molar-refractivity contribution in [1.82, 2.24) is 9.97 Å². The third-order valence-corrected chi connectivity index (χ3v) is 7.32. The molecule has 38 heavy (non-hydrogen) atoms. The molecule has 1 amide bonds. The van der Waals surface area contributed by atoms with Crippen molar-refractivity contribution < 1.29 is 19.0 Å². The maximum Gasteiger partial charge on any atom is 0.272 e. The van der Waals surface area contributed by atoms with Gasteiger partial charge in [0.1, 0.15) is 11.4 Å². The molecule has 186 valence electrons. The Kier molecular flexibility index (Phi) is 4.88. The Morgan fingerprint density at radius 3 is 2.21 bits per heavy atom. The quantitative estimate of drug-likeness (QED) is 0.302. The lowest BCUT2D eigenvalue weighted by molar-refractivity contribution is -0.139. The van der Waals surface area contributed by atoms with E-state index in [1.807, 2.05) is 91.0 Å². The van der Waals surface area contributed by atoms with Crippen molar-refractivity contribution in [3.63, 3.8) is 0 Å². The molecule has 2 heterocycles. The number of hydrogen-bond donors (Lipinski definition) is 0. The predicted octanol–water partition coefficient (Wildman–Crippen LogP) is 5.37. The van der Waals surface area contributed by atoms with Crippen LogP contribution in [0.4, 0.5) is 5.69 Å². The molecule has 7 rings (SSSR count). The number of carbonyl (C=O) groups is 1. The van der Waals surface area contributed by atoms with Crippen LogP contribution in [0.25, 0.3) is 22.3 Å². The summed E-state index contributed by atoms with van der Waals surface area (Å²) < 4.78 is 17.5. The Balaban J connectivity index is 1.51. The van der Waals surface area contributed by atoms with Crippen LogP contribution in [0.1, 0.15) is 11.3 Å². The number of fused-ring (bicyclic) bond motifs is 6. The van der Waals surface area contributed by atoms with Gasteiger partial charge in [0.25, 0.3) is 5.91 Å². The van der Waals surface area contributed by atoms with E-state index in [1.54, 1.807) is 25.2 Å². The van der Waals surface area contributed by atoms with Gasteiger partial charge in [-0.2, -0.15) is 0 Å². The Hall–Kier alpha value is -4.91. The number of para-hydroxylation sites is 3. The molecule has 1 saturated heterocycles. The third kappa shape index (κ3) is 2.93. The van der Waals surface area contributed by atoms with Crippen molar-refractivity contribution in [3.05, 3.63) is 108 Å². The van der Waals surface area contributed by atoms with E-state index in [2.05, 4.69) is 0 Å². The minimum atomic E-state index is -1.03. The van der Waals surface area contributed by atoms with Crippen LogP contribution in [0.2, 0.25) is 0 Å². The highest BCUT2D eigenvalue weighted by Crippen LogP contribution is 2.59. The van der Waals surface area contributed by atoms with E-state index in [4.69, 9.17) is 24.2 Å². The van der Waals surface area contributed by atoms with Crippen molar-refractivity contribution in [2.75, 3.05) is 19.1 Å². The predicted molar refractivity (Wildman–Crippen MR) is 144 cm³/mol. The summed E-state index contributed by atoms with van der Waals surface area (Å²) in [4.78, 5) is 26.0. The molecule has 2 aliphatic rings. The molecule has 7 nitrogen and oxygen atoms in total. The number of ether oxygens (including phenoxy) is 3. The SMILES string of the molecule is COc1ccc(N2C(=O)[C@H](Oc3ccccc3)[C@]23c2ccccc2-c2nc4ccccc4nc23)cc1OC. The molecule has 1 spiro atoms. The zero-order chi connectivity index (χ0) is 25.9. The molecule has 1 aromatic heterocycles. The standard InChI is InChI=1S/C31H23N3O4/c1-36-25-17-16-19(18-26(25)37-2)34-30(35)29(38-20-10-4-3-5-11-20)31(34)22-13-7-6-12-21(22)27-28(31)33-24-15-9-8-14-23(24)32-27/h3-18,29H,1-2H3/t29-,31+/m0/s1. The summed E-state index contributed by atoms with van der Waals surface area (Å²) in [7, 11) is 3.16. The second-order valence-electron chi connectivity index (χ2n) is 9.25. The Bertz CT molecular complexity index is 1720. The average Bonchev–Trinajstić information content (AvgIpc) is 3.26. The van der Waals surface area contributed by atoms with Crippen LogP contribution in [-0.2, 0) is 10.3 Å². The fourth-order valence-electron chi connectivity index (χ4n) is 5.68. The lowest BCUT2D eigenvalue weighted by Gasteiger charge is -2.54. The topological polar surface area (TPSA) is 73.8 Å². The van der Waals surface area contributed by atoms with Crippen LogP contribution >= 0.6 is 0 Å². The fourth-order valence-corrected chi connectivity index (χ4v) is 5.68. The van der Waals surface area contributed by atoms with Crippen molar-refractivity contribution in [3.8, 4) is 28.5 Å². The second kappa shape index (κ2) is 8.31. The highest BCUT2D eigenvalue weighted by molar-refractivity contribution is 6.11. The van der Waals surface area contributed by atoms with Crippen LogP contribution < -0.4 is 19.1 Å². The zero-order valence-corrected chi connectivity index (χ0v) is 20.8. The summed E-state index contributed by atoms with van der Waals surface area (Å²) in [5.74, 6) is 1.53. The van der Waals surface area contributed by atoms with Crippen molar-refractivity contribution in [2.45, 2.75) is 11.6 Å². The molecule has 4 aromatic carbocycles. The first kappa shape index (κ1) is 22.3. The number of aromatic nitrogens is 2. The van der Waals surface area contributed by atoms with Gasteiger partial charge >= 0.3 is 0 Å². The summed E-state index contributed by atoms with van der Waals surface area (Å²) in [6.07, 6.45) is -0.851. The molecule has 0 radical (unpaired) electrons. The van der Waals surface area contributed by atoms with E-state index < -0.39 is 11.6 Å². The molecule has 1 aliphatic heterocycles. The molecule has 0 saturated carbocycles. The van der Waals surface area contributed by atoms with Gasteiger partial charge in [0, 0.05) is 17.3 Å². The molecule has 0 N–H and O–H groups in total. The maximum atomic E-state index is 14.0. The Labute approximate surface area is 219 Å². The van der Waals surface area contributed by atoms with Crippen molar-refractivity contribution in [2.24, 2.45) is 0 Å². The number of rotatable bonds is 5. The smallest absolute Gasteiger partial charge is 0.272 e. The molecular formula is C31H23N3O4. The first-order valence-electron chi connectivity index (χ1n) is 12.3. The van der Waals surface area contributed by atoms with E-state index in [1.165, 1.54) is 0 Å². The number of β-lactam (4-membered cyclic amide) rings is 1. The highest BCUT2D eigenvalue weighted by atomic mass is 16.5. The number of amides is 1. The van der Waals surface area contributed by atoms with E-state index in [0.29, 0.717) is 28.6 Å². The molecule has 7 heteroatoms. The van der Waals surface area contributed by atoms with Gasteiger partial charge in [-0.3, -0.25) is 9.69 Å².